The highest BCUT2D eigenvalue weighted by Gasteiger charge is 2.46. The van der Waals surface area contributed by atoms with Gasteiger partial charge in [-0.1, -0.05) is 66.7 Å². The number of H-pyrrole nitrogens is 2. The molecule has 0 spiro atoms. The van der Waals surface area contributed by atoms with Gasteiger partial charge >= 0.3 is 5.97 Å². The summed E-state index contributed by atoms with van der Waals surface area (Å²) in [5, 5.41) is 40.0. The molecule has 2 bridgehead atoms. The van der Waals surface area contributed by atoms with E-state index >= 15 is 28.4 Å². The number of carboxylic acid groups (broad SMARTS) is 1. The van der Waals surface area contributed by atoms with E-state index < -0.39 is 138 Å². The summed E-state index contributed by atoms with van der Waals surface area (Å²) in [6.07, 6.45) is 4.75. The monoisotopic (exact) mass is 1510 g/mol. The van der Waals surface area contributed by atoms with Gasteiger partial charge in [-0.25, -0.2) is 13.8 Å². The van der Waals surface area contributed by atoms with Crippen LogP contribution < -0.4 is 48.7 Å². The van der Waals surface area contributed by atoms with Crippen LogP contribution in [0.4, 0.5) is 8.78 Å². The number of aromatic nitrogens is 3. The van der Waals surface area contributed by atoms with Crippen molar-refractivity contribution < 1.29 is 71.7 Å². The first-order chi connectivity index (χ1) is 51.5. The van der Waals surface area contributed by atoms with Gasteiger partial charge in [-0.3, -0.25) is 52.7 Å². The Bertz CT molecular complexity index is 4100. The van der Waals surface area contributed by atoms with E-state index in [2.05, 4.69) is 52.2 Å². The van der Waals surface area contributed by atoms with Gasteiger partial charge < -0.3 is 73.8 Å². The lowest BCUT2D eigenvalue weighted by atomic mass is 9.75. The van der Waals surface area contributed by atoms with Gasteiger partial charge in [0.15, 0.2) is 5.78 Å². The molecule has 9 amide bonds. The molecular weight excluding hydrogens is 1420 g/mol. The Kier molecular flexibility index (Phi) is 28.9. The molecule has 2 saturated carbocycles. The van der Waals surface area contributed by atoms with Crippen molar-refractivity contribution in [2.45, 2.75) is 169 Å². The quantitative estimate of drug-likeness (QED) is 0.0532. The number of halogens is 2. The number of carbonyl (C=O) groups is 11. The minimum absolute atomic E-state index is 0.0263. The van der Waals surface area contributed by atoms with Crippen LogP contribution in [0.25, 0.3) is 10.9 Å². The van der Waals surface area contributed by atoms with Crippen LogP contribution in [-0.2, 0) is 89.9 Å². The third kappa shape index (κ3) is 23.2. The van der Waals surface area contributed by atoms with Crippen LogP contribution >= 0.6 is 23.5 Å². The van der Waals surface area contributed by atoms with Crippen LogP contribution in [0, 0.1) is 35.4 Å². The fraction of sp³-hybridized carbons (Fsp3) is 0.481. The zero-order valence-corrected chi connectivity index (χ0v) is 61.1. The van der Waals surface area contributed by atoms with Gasteiger partial charge in [-0.15, -0.1) is 0 Å². The van der Waals surface area contributed by atoms with Crippen LogP contribution in [0.5, 0.6) is 5.75 Å². The average molecular weight is 1510 g/mol. The molecular formula is C77H95F2N13O13S2. The number of phenolic OH excluding ortho intramolecular Hbond substituents is 1. The van der Waals surface area contributed by atoms with Crippen LogP contribution in [0.3, 0.4) is 0 Å². The Morgan fingerprint density at radius 2 is 1.35 bits per heavy atom. The van der Waals surface area contributed by atoms with Crippen molar-refractivity contribution in [1.82, 2.24) is 57.1 Å². The number of rotatable bonds is 17. The second-order valence-electron chi connectivity index (χ2n) is 28.6. The zero-order valence-electron chi connectivity index (χ0n) is 59.5. The predicted octanol–water partition coefficient (Wildman–Crippen LogP) is 5.04. The molecule has 10 rings (SSSR count). The molecule has 2 aromatic heterocycles. The maximum Gasteiger partial charge on any atom is 0.305 e. The molecule has 4 unspecified atom stereocenters. The predicted molar refractivity (Wildman–Crippen MR) is 398 cm³/mol. The summed E-state index contributed by atoms with van der Waals surface area (Å²) in [6.45, 7) is -0.353. The molecule has 1 saturated heterocycles. The Balaban J connectivity index is 0.988. The maximum atomic E-state index is 15.6. The Hall–Kier alpha value is -9.68. The van der Waals surface area contributed by atoms with Gasteiger partial charge in [0.05, 0.1) is 31.3 Å². The molecule has 6 aromatic rings. The lowest BCUT2D eigenvalue weighted by molar-refractivity contribution is -0.142. The van der Waals surface area contributed by atoms with Crippen LogP contribution in [0.15, 0.2) is 116 Å². The van der Waals surface area contributed by atoms with Crippen molar-refractivity contribution in [3.63, 3.8) is 0 Å². The number of carbonyl (C=O) groups excluding carboxylic acids is 10. The van der Waals surface area contributed by atoms with Gasteiger partial charge in [-0.2, -0.15) is 23.5 Å². The van der Waals surface area contributed by atoms with E-state index in [0.29, 0.717) is 96.5 Å². The number of carboxylic acids is 1. The number of phenols is 1. The fourth-order valence-corrected chi connectivity index (χ4v) is 17.2. The number of fused-ring (bicyclic) bond motifs is 5. The van der Waals surface area contributed by atoms with Crippen molar-refractivity contribution in [2.24, 2.45) is 41.1 Å². The van der Waals surface area contributed by atoms with E-state index in [0.717, 1.165) is 16.7 Å². The number of nitrogens with one attached hydrogen (secondary N) is 9. The molecule has 4 aliphatic rings. The number of nitrogens with two attached hydrogens (primary N) is 2. The number of alkyl halides is 1. The average Bonchev–Trinajstić information content (AvgIpc) is 1.70. The van der Waals surface area contributed by atoms with Gasteiger partial charge in [-0.05, 0) is 159 Å². The van der Waals surface area contributed by atoms with Gasteiger partial charge in [0.25, 0.3) is 0 Å². The largest absolute Gasteiger partial charge is 0.508 e. The topological polar surface area (TPSA) is 412 Å². The summed E-state index contributed by atoms with van der Waals surface area (Å²) < 4.78 is 30.3. The van der Waals surface area contributed by atoms with Crippen molar-refractivity contribution in [3.8, 4) is 5.75 Å². The maximum absolute atomic E-state index is 15.6. The summed E-state index contributed by atoms with van der Waals surface area (Å²) in [5.74, 6) is -10.6. The SMILES string of the molecule is NCCCC[C@@H]1NC(=O)CCSCc2cccc(c2)CSC[C@@H](C(N)=O)CC(=O)[C@@H]2C[C@@H](Cc3ccccc3)CN2C(=O)[C@H](Cc2ccc(O)cc2)NC(=O)[C@H](Cc2cnc[nH]2)NC(=O)[C@H](CC(=O)O)NC(=O)[C@H](CC2CCC3CCC(F)CC32)NC(=O)[C@H](Cc2c[nH]c3ccc(F)cc23)NC(=O)CNC1=O. The number of benzene rings is 4. The molecule has 15 N–H and O–H groups in total. The molecule has 572 valence electrons. The molecule has 26 nitrogen and oxygen atoms in total. The minimum Gasteiger partial charge on any atom is -0.508 e. The standard InChI is InChI=1S/C77H95F2N13O13S2/c78-53-17-16-49-14-15-50(57(49)32-53)29-62-74(102)90-64(35-70(97)98)76(104)89-63(34-55-37-82-43-85-55)75(103)91-65(27-45-12-19-56(93)20-13-45)77(105)92-39-48(25-44-7-2-1-3-8-44)28-66(92)67(94)31-52(71(81)99)42-107-41-47-10-6-9-46(26-47)40-106-24-22-68(95)86-60(11-4-5-23-80)72(100)84-38-69(96)87-61(73(101)88-62)30-51-36-83-59-21-18-54(79)33-58(51)59/h1-3,6-10,12-13,18-21,26,33,36-37,43,48-50,52-53,57,60-66,83,93H,4-5,11,14-17,22-25,27-32,34-35,38-42,80H2,(H2,81,99)(H,82,85)(H,84,100)(H,86,95)(H,87,96)(H,88,101)(H,89,104)(H,90,102)(H,91,103)(H,97,98)/t48-,49?,50?,52+,53?,57?,60+,61+,62+,63+,64+,65+,66+/m1/s1. The molecule has 30 heteroatoms. The van der Waals surface area contributed by atoms with Crippen molar-refractivity contribution in [3.05, 3.63) is 155 Å². The second-order valence-corrected chi connectivity index (χ2v) is 30.7. The number of primary amides is 1. The summed E-state index contributed by atoms with van der Waals surface area (Å²) in [6, 6.07) is 16.5. The Morgan fingerprint density at radius 1 is 0.664 bits per heavy atom. The summed E-state index contributed by atoms with van der Waals surface area (Å²) in [7, 11) is 0. The number of unbranched alkanes of at least 4 members (excludes halogenated alkanes) is 1. The van der Waals surface area contributed by atoms with Crippen molar-refractivity contribution in [2.75, 3.05) is 31.1 Å². The third-order valence-electron chi connectivity index (χ3n) is 20.7. The van der Waals surface area contributed by atoms with Crippen LogP contribution in [-0.4, -0.2) is 175 Å². The summed E-state index contributed by atoms with van der Waals surface area (Å²) in [4.78, 5) is 171. The molecule has 4 aromatic carbocycles. The number of hydrogen-bond acceptors (Lipinski definition) is 16. The van der Waals surface area contributed by atoms with E-state index in [-0.39, 0.29) is 99.5 Å². The first kappa shape index (κ1) is 79.9. The number of aromatic amines is 2. The molecule has 0 radical (unpaired) electrons. The summed E-state index contributed by atoms with van der Waals surface area (Å²) in [5.41, 5.74) is 16.3. The number of amides is 9. The number of nitrogens with zero attached hydrogens (tertiary/aromatic N) is 2. The van der Waals surface area contributed by atoms with E-state index in [1.54, 1.807) is 12.1 Å². The third-order valence-corrected chi connectivity index (χ3v) is 22.9. The van der Waals surface area contributed by atoms with Gasteiger partial charge in [0.2, 0.25) is 53.2 Å². The molecule has 2 aliphatic carbocycles. The molecule has 13 atom stereocenters. The Morgan fingerprint density at radius 3 is 2.07 bits per heavy atom. The Labute approximate surface area is 627 Å². The highest BCUT2D eigenvalue weighted by atomic mass is 32.2. The molecule has 107 heavy (non-hydrogen) atoms. The lowest BCUT2D eigenvalue weighted by Crippen LogP contribution is -2.60. The summed E-state index contributed by atoms with van der Waals surface area (Å²) >= 11 is 2.88. The van der Waals surface area contributed by atoms with E-state index in [9.17, 15) is 43.4 Å². The van der Waals surface area contributed by atoms with Crippen LogP contribution in [0.1, 0.15) is 117 Å². The second kappa shape index (κ2) is 38.7. The van der Waals surface area contributed by atoms with E-state index in [1.807, 2.05) is 54.6 Å². The number of thioether (sulfide) groups is 2. The number of hydrogen-bond donors (Lipinski definition) is 13. The number of Topliss-reactive ketones (excluding diaryl/α,β-unsaturated/α-hetero) is 1. The van der Waals surface area contributed by atoms with E-state index in [4.69, 9.17) is 11.5 Å². The lowest BCUT2D eigenvalue weighted by Gasteiger charge is -2.33. The molecule has 2 aliphatic heterocycles. The zero-order chi connectivity index (χ0) is 76.1. The van der Waals surface area contributed by atoms with Crippen LogP contribution in [0.2, 0.25) is 0 Å². The minimum atomic E-state index is -1.98. The highest BCUT2D eigenvalue weighted by molar-refractivity contribution is 7.98. The molecule has 3 fully saturated rings. The smallest absolute Gasteiger partial charge is 0.305 e. The number of aromatic hydroxyl groups is 1. The van der Waals surface area contributed by atoms with E-state index in [1.165, 1.54) is 77.5 Å². The number of aliphatic carboxylic acids is 1. The fourth-order valence-electron chi connectivity index (χ4n) is 15.2. The first-order valence-electron chi connectivity index (χ1n) is 36.6. The first-order valence-corrected chi connectivity index (χ1v) is 38.9. The normalized spacial score (nSPS) is 26.3. The number of ketones is 1. The number of imidazole rings is 1. The van der Waals surface area contributed by atoms with Crippen molar-refractivity contribution in [1.29, 1.82) is 0 Å². The highest BCUT2D eigenvalue weighted by Crippen LogP contribution is 2.48. The molecule has 4 heterocycles. The van der Waals surface area contributed by atoms with Gasteiger partial charge in [0, 0.05) is 90.7 Å². The van der Waals surface area contributed by atoms with Gasteiger partial charge in [0.1, 0.15) is 54.0 Å². The van der Waals surface area contributed by atoms with Crippen molar-refractivity contribution >= 4 is 99.3 Å².